The number of nitrogens with one attached hydrogen (secondary N) is 4. The van der Waals surface area contributed by atoms with E-state index >= 15 is 0 Å². The molecule has 0 aliphatic rings. The molecule has 0 saturated carbocycles. The van der Waals surface area contributed by atoms with Gasteiger partial charge in [-0.05, 0) is 54.4 Å². The molecule has 0 spiro atoms. The summed E-state index contributed by atoms with van der Waals surface area (Å²) >= 11 is 0. The Bertz CT molecular complexity index is 1550. The van der Waals surface area contributed by atoms with Crippen LogP contribution in [-0.2, 0) is 41.3 Å². The Labute approximate surface area is 294 Å². The molecule has 0 aliphatic heterocycles. The van der Waals surface area contributed by atoms with E-state index in [1.165, 1.54) is 12.4 Å². The molecule has 3 unspecified atom stereocenters. The Morgan fingerprint density at radius 2 is 1.56 bits per heavy atom. The van der Waals surface area contributed by atoms with E-state index in [9.17, 15) is 27.6 Å². The molecule has 0 fully saturated rings. The zero-order chi connectivity index (χ0) is 37.1. The average molecular weight is 715 g/mol. The van der Waals surface area contributed by atoms with Crippen molar-refractivity contribution in [1.29, 1.82) is 0 Å². The van der Waals surface area contributed by atoms with E-state index in [-0.39, 0.29) is 56.1 Å². The monoisotopic (exact) mass is 714 g/mol. The Kier molecular flexibility index (Phi) is 17.4. The van der Waals surface area contributed by atoms with Crippen LogP contribution in [0.5, 0.6) is 0 Å². The maximum absolute atomic E-state index is 13.6. The number of sulfone groups is 1. The van der Waals surface area contributed by atoms with Gasteiger partial charge in [0.2, 0.25) is 17.7 Å². The van der Waals surface area contributed by atoms with Crippen LogP contribution in [0.15, 0.2) is 71.3 Å². The number of pyridine rings is 1. The van der Waals surface area contributed by atoms with Crippen LogP contribution >= 0.6 is 0 Å². The average Bonchev–Trinajstić information content (AvgIpc) is 3.06. The van der Waals surface area contributed by atoms with E-state index in [1.807, 2.05) is 45.9 Å². The van der Waals surface area contributed by atoms with Crippen LogP contribution in [0.4, 0.5) is 4.79 Å². The Balaban J connectivity index is 2.07. The number of alkyl carbamates (subject to hydrolysis) is 1. The molecule has 0 saturated heterocycles. The number of guanidine groups is 1. The molecule has 3 atom stereocenters. The molecule has 4 amide bonds. The zero-order valence-corrected chi connectivity index (χ0v) is 29.8. The van der Waals surface area contributed by atoms with Crippen LogP contribution < -0.4 is 32.7 Å². The van der Waals surface area contributed by atoms with E-state index in [2.05, 4.69) is 31.2 Å². The molecule has 1 aromatic heterocycles. The van der Waals surface area contributed by atoms with Gasteiger partial charge >= 0.3 is 6.09 Å². The van der Waals surface area contributed by atoms with E-state index in [0.717, 1.165) is 17.0 Å². The number of nitrogens with two attached hydrogens (primary N) is 2. The predicted molar refractivity (Wildman–Crippen MR) is 191 cm³/mol. The summed E-state index contributed by atoms with van der Waals surface area (Å²) in [5.74, 6) is -2.25. The Morgan fingerprint density at radius 3 is 2.18 bits per heavy atom. The fraction of sp³-hybridized carbons (Fsp3) is 0.471. The van der Waals surface area contributed by atoms with Crippen molar-refractivity contribution in [1.82, 2.24) is 26.3 Å². The molecule has 1 heterocycles. The quantitative estimate of drug-likeness (QED) is 0.0502. The van der Waals surface area contributed by atoms with E-state index < -0.39 is 51.8 Å². The molecule has 0 bridgehead atoms. The van der Waals surface area contributed by atoms with Gasteiger partial charge in [0, 0.05) is 43.0 Å². The number of hydrogen-bond acceptors (Lipinski definition) is 9. The number of rotatable bonds is 20. The van der Waals surface area contributed by atoms with Gasteiger partial charge < -0.3 is 37.5 Å². The molecular weight excluding hydrogens is 664 g/mol. The third kappa shape index (κ3) is 16.9. The Hall–Kier alpha value is -4.99. The minimum Gasteiger partial charge on any atom is -0.445 e. The van der Waals surface area contributed by atoms with Gasteiger partial charge in [0.05, 0.1) is 5.75 Å². The van der Waals surface area contributed by atoms with Crippen molar-refractivity contribution in [3.63, 3.8) is 0 Å². The molecule has 2 rings (SSSR count). The third-order valence-corrected chi connectivity index (χ3v) is 8.57. The summed E-state index contributed by atoms with van der Waals surface area (Å²) in [6.07, 6.45) is 3.88. The summed E-state index contributed by atoms with van der Waals surface area (Å²) in [6, 6.07) is 9.61. The van der Waals surface area contributed by atoms with Gasteiger partial charge in [-0.25, -0.2) is 13.2 Å². The normalized spacial score (nSPS) is 13.2. The van der Waals surface area contributed by atoms with Crippen LogP contribution in [0.1, 0.15) is 58.1 Å². The first-order valence-electron chi connectivity index (χ1n) is 16.4. The molecular formula is C34H50N8O7S. The number of carbonyl (C=O) groups is 4. The lowest BCUT2D eigenvalue weighted by Crippen LogP contribution is -2.57. The highest BCUT2D eigenvalue weighted by Crippen LogP contribution is 2.10. The SMILES string of the molecule is CC(C)CC(NC(=O)C(CCCN=C(N)N)NC(=O)OCc1ccccc1)C(=O)NC(CNC(=O)/C=C/S(=O)(=O)Cc1ccncc1)C(C)C. The molecule has 0 radical (unpaired) electrons. The summed E-state index contributed by atoms with van der Waals surface area (Å²) in [4.78, 5) is 60.0. The molecule has 15 nitrogen and oxygen atoms in total. The molecule has 16 heteroatoms. The molecule has 1 aromatic carbocycles. The largest absolute Gasteiger partial charge is 0.445 e. The second kappa shape index (κ2) is 21.2. The van der Waals surface area contributed by atoms with Crippen molar-refractivity contribution < 1.29 is 32.3 Å². The number of aromatic nitrogens is 1. The van der Waals surface area contributed by atoms with Crippen molar-refractivity contribution in [3.05, 3.63) is 77.5 Å². The van der Waals surface area contributed by atoms with Gasteiger partial charge in [-0.1, -0.05) is 58.0 Å². The van der Waals surface area contributed by atoms with Crippen LogP contribution in [0, 0.1) is 11.8 Å². The minimum atomic E-state index is -3.71. The van der Waals surface area contributed by atoms with Crippen LogP contribution in [0.3, 0.4) is 0 Å². The number of ether oxygens (including phenoxy) is 1. The molecule has 0 aliphatic carbocycles. The number of amides is 4. The van der Waals surface area contributed by atoms with Gasteiger partial charge in [-0.15, -0.1) is 0 Å². The second-order valence-corrected chi connectivity index (χ2v) is 14.4. The predicted octanol–water partition coefficient (Wildman–Crippen LogP) is 1.65. The highest BCUT2D eigenvalue weighted by Gasteiger charge is 2.29. The lowest BCUT2D eigenvalue weighted by atomic mass is 9.99. The lowest BCUT2D eigenvalue weighted by molar-refractivity contribution is -0.131. The number of aliphatic imine (C=N–C) groups is 1. The number of carbonyl (C=O) groups excluding carboxylic acids is 4. The van der Waals surface area contributed by atoms with Crippen LogP contribution in [0.2, 0.25) is 0 Å². The summed E-state index contributed by atoms with van der Waals surface area (Å²) < 4.78 is 30.1. The van der Waals surface area contributed by atoms with Gasteiger partial charge in [0.1, 0.15) is 18.7 Å². The summed E-state index contributed by atoms with van der Waals surface area (Å²) in [5.41, 5.74) is 12.1. The van der Waals surface area contributed by atoms with Crippen molar-refractivity contribution in [3.8, 4) is 0 Å². The van der Waals surface area contributed by atoms with E-state index in [1.54, 1.807) is 24.3 Å². The lowest BCUT2D eigenvalue weighted by Gasteiger charge is -2.28. The van der Waals surface area contributed by atoms with Gasteiger partial charge in [0.15, 0.2) is 15.8 Å². The summed E-state index contributed by atoms with van der Waals surface area (Å²) in [7, 11) is -3.71. The minimum absolute atomic E-state index is 0.00154. The van der Waals surface area contributed by atoms with Gasteiger partial charge in [0.25, 0.3) is 0 Å². The molecule has 8 N–H and O–H groups in total. The number of hydrogen-bond donors (Lipinski definition) is 6. The smallest absolute Gasteiger partial charge is 0.408 e. The first kappa shape index (κ1) is 41.2. The highest BCUT2D eigenvalue weighted by atomic mass is 32.2. The van der Waals surface area contributed by atoms with Gasteiger partial charge in [-0.2, -0.15) is 0 Å². The van der Waals surface area contributed by atoms with Crippen molar-refractivity contribution >= 4 is 39.6 Å². The van der Waals surface area contributed by atoms with Crippen LogP contribution in [0.25, 0.3) is 0 Å². The maximum Gasteiger partial charge on any atom is 0.408 e. The van der Waals surface area contributed by atoms with E-state index in [0.29, 0.717) is 12.0 Å². The topological polar surface area (TPSA) is 237 Å². The van der Waals surface area contributed by atoms with Crippen molar-refractivity contribution in [2.75, 3.05) is 13.1 Å². The zero-order valence-electron chi connectivity index (χ0n) is 29.0. The first-order chi connectivity index (χ1) is 23.6. The van der Waals surface area contributed by atoms with Crippen molar-refractivity contribution in [2.45, 2.75) is 77.4 Å². The maximum atomic E-state index is 13.6. The van der Waals surface area contributed by atoms with Crippen molar-refractivity contribution in [2.24, 2.45) is 28.3 Å². The third-order valence-electron chi connectivity index (χ3n) is 7.28. The first-order valence-corrected chi connectivity index (χ1v) is 18.1. The molecule has 274 valence electrons. The molecule has 2 aromatic rings. The summed E-state index contributed by atoms with van der Waals surface area (Å²) in [6.45, 7) is 7.70. The fourth-order valence-electron chi connectivity index (χ4n) is 4.59. The van der Waals surface area contributed by atoms with E-state index in [4.69, 9.17) is 16.2 Å². The summed E-state index contributed by atoms with van der Waals surface area (Å²) in [5, 5.41) is 11.7. The standard InChI is InChI=1S/C34H50N8O7S/c1-23(2)19-28(40-31(44)27(11-8-15-38-33(35)36)42-34(46)49-21-25-9-6-5-7-10-25)32(45)41-29(24(3)4)20-39-30(43)14-18-50(47,48)22-26-12-16-37-17-13-26/h5-7,9-10,12-14,16-18,23-24,27-29H,8,11,15,19-22H2,1-4H3,(H,39,43)(H,40,44)(H,41,45)(H,42,46)(H4,35,36,38)/b18-14+. The second-order valence-electron chi connectivity index (χ2n) is 12.5. The highest BCUT2D eigenvalue weighted by molar-refractivity contribution is 7.93. The fourth-order valence-corrected chi connectivity index (χ4v) is 5.67. The molecule has 50 heavy (non-hydrogen) atoms. The van der Waals surface area contributed by atoms with Crippen LogP contribution in [-0.4, -0.2) is 74.4 Å². The Morgan fingerprint density at radius 1 is 0.900 bits per heavy atom. The number of benzene rings is 1. The van der Waals surface area contributed by atoms with Gasteiger partial charge in [-0.3, -0.25) is 24.4 Å². The number of nitrogens with zero attached hydrogens (tertiary/aromatic N) is 2.